The highest BCUT2D eigenvalue weighted by Gasteiger charge is 2.27. The molecule has 5 heteroatoms. The van der Waals surface area contributed by atoms with Crippen LogP contribution in [0.15, 0.2) is 18.2 Å². The molecule has 132 valence electrons. The van der Waals surface area contributed by atoms with E-state index in [0.29, 0.717) is 17.4 Å². The van der Waals surface area contributed by atoms with Gasteiger partial charge in [0, 0.05) is 23.8 Å². The highest BCUT2D eigenvalue weighted by atomic mass is 16.5. The number of likely N-dealkylation sites (tertiary alicyclic amines) is 1. The third-order valence-electron chi connectivity index (χ3n) is 5.15. The summed E-state index contributed by atoms with van der Waals surface area (Å²) >= 11 is 0. The standard InChI is InChI=1S/C20H26N4O/c1-14-20(15(2)23-22-14)18-7-5-4-6-10-24(18)13-16-8-9-19(25-3)17(11-16)12-21/h8-9,11,18H,4-7,10,13H2,1-3H3,(H,22,23)/t18-/m1/s1. The molecule has 1 fully saturated rings. The second-order valence-electron chi connectivity index (χ2n) is 6.83. The number of nitriles is 1. The summed E-state index contributed by atoms with van der Waals surface area (Å²) in [4.78, 5) is 2.54. The van der Waals surface area contributed by atoms with E-state index in [9.17, 15) is 5.26 Å². The molecule has 0 bridgehead atoms. The van der Waals surface area contributed by atoms with E-state index in [1.165, 1.54) is 30.5 Å². The Bertz CT molecular complexity index is 755. The van der Waals surface area contributed by atoms with Crippen molar-refractivity contribution in [3.63, 3.8) is 0 Å². The number of rotatable bonds is 4. The van der Waals surface area contributed by atoms with E-state index in [-0.39, 0.29) is 0 Å². The molecular formula is C20H26N4O. The van der Waals surface area contributed by atoms with Gasteiger partial charge in [-0.15, -0.1) is 0 Å². The van der Waals surface area contributed by atoms with Crippen LogP contribution in [0.4, 0.5) is 0 Å². The summed E-state index contributed by atoms with van der Waals surface area (Å²) in [6.45, 7) is 6.11. The Balaban J connectivity index is 1.89. The molecule has 25 heavy (non-hydrogen) atoms. The van der Waals surface area contributed by atoms with Crippen LogP contribution in [0.25, 0.3) is 0 Å². The molecule has 1 aromatic heterocycles. The molecule has 0 spiro atoms. The van der Waals surface area contributed by atoms with Crippen molar-refractivity contribution in [1.82, 2.24) is 15.1 Å². The normalized spacial score (nSPS) is 18.6. The van der Waals surface area contributed by atoms with Crippen molar-refractivity contribution >= 4 is 0 Å². The van der Waals surface area contributed by atoms with Crippen LogP contribution >= 0.6 is 0 Å². The topological polar surface area (TPSA) is 64.9 Å². The predicted molar refractivity (Wildman–Crippen MR) is 97.4 cm³/mol. The summed E-state index contributed by atoms with van der Waals surface area (Å²) in [6, 6.07) is 8.54. The maximum atomic E-state index is 9.34. The van der Waals surface area contributed by atoms with Gasteiger partial charge in [-0.1, -0.05) is 18.9 Å². The highest BCUT2D eigenvalue weighted by Crippen LogP contribution is 2.34. The maximum absolute atomic E-state index is 9.34. The molecule has 1 N–H and O–H groups in total. The molecule has 0 saturated carbocycles. The molecule has 1 aromatic carbocycles. The third-order valence-corrected chi connectivity index (χ3v) is 5.15. The minimum absolute atomic E-state index is 0.383. The average molecular weight is 338 g/mol. The summed E-state index contributed by atoms with van der Waals surface area (Å²) in [5, 5.41) is 16.9. The summed E-state index contributed by atoms with van der Waals surface area (Å²) in [5.41, 5.74) is 5.37. The second kappa shape index (κ2) is 7.71. The molecule has 2 heterocycles. The fraction of sp³-hybridized carbons (Fsp3) is 0.500. The molecule has 1 atom stereocenters. The van der Waals surface area contributed by atoms with Gasteiger partial charge in [0.2, 0.25) is 0 Å². The van der Waals surface area contributed by atoms with E-state index < -0.39 is 0 Å². The molecule has 1 aliphatic rings. The van der Waals surface area contributed by atoms with Crippen molar-refractivity contribution in [1.29, 1.82) is 5.26 Å². The number of benzene rings is 1. The lowest BCUT2D eigenvalue weighted by atomic mass is 9.98. The van der Waals surface area contributed by atoms with E-state index in [1.54, 1.807) is 7.11 Å². The van der Waals surface area contributed by atoms with Crippen LogP contribution in [-0.4, -0.2) is 28.8 Å². The molecule has 0 radical (unpaired) electrons. The summed E-state index contributed by atoms with van der Waals surface area (Å²) in [5.74, 6) is 0.639. The second-order valence-corrected chi connectivity index (χ2v) is 6.83. The molecule has 3 rings (SSSR count). The molecule has 1 aliphatic heterocycles. The zero-order chi connectivity index (χ0) is 17.8. The average Bonchev–Trinajstić information content (AvgIpc) is 2.82. The first-order valence-corrected chi connectivity index (χ1v) is 8.96. The van der Waals surface area contributed by atoms with E-state index >= 15 is 0 Å². The number of aromatic nitrogens is 2. The van der Waals surface area contributed by atoms with Crippen LogP contribution in [0.2, 0.25) is 0 Å². The van der Waals surface area contributed by atoms with Gasteiger partial charge in [-0.25, -0.2) is 0 Å². The highest BCUT2D eigenvalue weighted by molar-refractivity contribution is 5.45. The number of nitrogens with one attached hydrogen (secondary N) is 1. The van der Waals surface area contributed by atoms with Gasteiger partial charge in [0.15, 0.2) is 0 Å². The summed E-state index contributed by atoms with van der Waals surface area (Å²) < 4.78 is 5.26. The first kappa shape index (κ1) is 17.5. The zero-order valence-corrected chi connectivity index (χ0v) is 15.3. The Hall–Kier alpha value is -2.32. The van der Waals surface area contributed by atoms with Gasteiger partial charge in [-0.05, 0) is 50.9 Å². The van der Waals surface area contributed by atoms with E-state index in [1.807, 2.05) is 12.1 Å². The van der Waals surface area contributed by atoms with Gasteiger partial charge in [0.05, 0.1) is 18.4 Å². The molecule has 1 saturated heterocycles. The Morgan fingerprint density at radius 3 is 2.84 bits per heavy atom. The lowest BCUT2D eigenvalue weighted by Crippen LogP contribution is -2.29. The predicted octanol–water partition coefficient (Wildman–Crippen LogP) is 4.02. The minimum Gasteiger partial charge on any atom is -0.495 e. The summed E-state index contributed by atoms with van der Waals surface area (Å²) in [6.07, 6.45) is 4.89. The van der Waals surface area contributed by atoms with Gasteiger partial charge >= 0.3 is 0 Å². The van der Waals surface area contributed by atoms with Crippen LogP contribution in [0.1, 0.15) is 59.8 Å². The number of hydrogen-bond acceptors (Lipinski definition) is 4. The molecule has 0 amide bonds. The fourth-order valence-corrected chi connectivity index (χ4v) is 3.91. The first-order valence-electron chi connectivity index (χ1n) is 8.96. The Labute approximate surface area is 149 Å². The van der Waals surface area contributed by atoms with E-state index in [4.69, 9.17) is 4.74 Å². The third kappa shape index (κ3) is 3.69. The molecule has 5 nitrogen and oxygen atoms in total. The Morgan fingerprint density at radius 2 is 2.16 bits per heavy atom. The molecular weight excluding hydrogens is 312 g/mol. The van der Waals surface area contributed by atoms with Crippen molar-refractivity contribution in [2.75, 3.05) is 13.7 Å². The minimum atomic E-state index is 0.383. The monoisotopic (exact) mass is 338 g/mol. The quantitative estimate of drug-likeness (QED) is 0.914. The lowest BCUT2D eigenvalue weighted by Gasteiger charge is -2.30. The van der Waals surface area contributed by atoms with Crippen LogP contribution in [0.5, 0.6) is 5.75 Å². The number of H-pyrrole nitrogens is 1. The van der Waals surface area contributed by atoms with Gasteiger partial charge in [-0.3, -0.25) is 10.00 Å². The molecule has 0 unspecified atom stereocenters. The number of nitrogens with zero attached hydrogens (tertiary/aromatic N) is 3. The molecule has 0 aliphatic carbocycles. The van der Waals surface area contributed by atoms with Crippen molar-refractivity contribution in [3.05, 3.63) is 46.3 Å². The van der Waals surface area contributed by atoms with Crippen molar-refractivity contribution < 1.29 is 4.74 Å². The van der Waals surface area contributed by atoms with E-state index in [0.717, 1.165) is 30.8 Å². The van der Waals surface area contributed by atoms with Crippen molar-refractivity contribution in [3.8, 4) is 11.8 Å². The largest absolute Gasteiger partial charge is 0.495 e. The van der Waals surface area contributed by atoms with Gasteiger partial charge in [-0.2, -0.15) is 10.4 Å². The SMILES string of the molecule is COc1ccc(CN2CCCCC[C@@H]2c2c(C)n[nH]c2C)cc1C#N. The number of methoxy groups -OCH3 is 1. The van der Waals surface area contributed by atoms with Crippen LogP contribution in [0, 0.1) is 25.2 Å². The number of ether oxygens (including phenoxy) is 1. The Kier molecular flexibility index (Phi) is 5.40. The van der Waals surface area contributed by atoms with Gasteiger partial charge < -0.3 is 4.74 Å². The van der Waals surface area contributed by atoms with Crippen LogP contribution in [0.3, 0.4) is 0 Å². The van der Waals surface area contributed by atoms with Gasteiger partial charge in [0.1, 0.15) is 11.8 Å². The maximum Gasteiger partial charge on any atom is 0.136 e. The van der Waals surface area contributed by atoms with E-state index in [2.05, 4.69) is 41.1 Å². The lowest BCUT2D eigenvalue weighted by molar-refractivity contribution is 0.191. The summed E-state index contributed by atoms with van der Waals surface area (Å²) in [7, 11) is 1.60. The molecule has 2 aromatic rings. The fourth-order valence-electron chi connectivity index (χ4n) is 3.91. The van der Waals surface area contributed by atoms with Crippen LogP contribution < -0.4 is 4.74 Å². The van der Waals surface area contributed by atoms with Crippen molar-refractivity contribution in [2.24, 2.45) is 0 Å². The van der Waals surface area contributed by atoms with Gasteiger partial charge in [0.25, 0.3) is 0 Å². The number of hydrogen-bond donors (Lipinski definition) is 1. The first-order chi connectivity index (χ1) is 12.1. The smallest absolute Gasteiger partial charge is 0.136 e. The van der Waals surface area contributed by atoms with Crippen molar-refractivity contribution in [2.45, 2.75) is 52.1 Å². The Morgan fingerprint density at radius 1 is 1.32 bits per heavy atom. The zero-order valence-electron chi connectivity index (χ0n) is 15.3. The number of aromatic amines is 1. The van der Waals surface area contributed by atoms with Crippen LogP contribution in [-0.2, 0) is 6.54 Å². The number of aryl methyl sites for hydroxylation is 2.